The predicted octanol–water partition coefficient (Wildman–Crippen LogP) is 1.56. The molecule has 0 N–H and O–H groups in total. The van der Waals surface area contributed by atoms with Gasteiger partial charge in [-0.3, -0.25) is 4.79 Å². The van der Waals surface area contributed by atoms with Crippen LogP contribution in [0.5, 0.6) is 0 Å². The molecule has 1 aromatic heterocycles. The summed E-state index contributed by atoms with van der Waals surface area (Å²) in [5.41, 5.74) is 1.76. The summed E-state index contributed by atoms with van der Waals surface area (Å²) < 4.78 is 6.37. The van der Waals surface area contributed by atoms with Crippen molar-refractivity contribution in [3.05, 3.63) is 24.3 Å². The van der Waals surface area contributed by atoms with Gasteiger partial charge in [-0.05, 0) is 19.1 Å². The van der Waals surface area contributed by atoms with E-state index in [9.17, 15) is 4.79 Å². The molecule has 0 aliphatic rings. The highest BCUT2D eigenvalue weighted by atomic mass is 16.5. The summed E-state index contributed by atoms with van der Waals surface area (Å²) in [6.45, 7) is 1.91. The molecule has 5 nitrogen and oxygen atoms in total. The number of aromatic nitrogens is 3. The van der Waals surface area contributed by atoms with Crippen LogP contribution < -0.4 is 0 Å². The summed E-state index contributed by atoms with van der Waals surface area (Å²) in [5.74, 6) is -0.243. The van der Waals surface area contributed by atoms with Crippen LogP contribution in [0.3, 0.4) is 0 Å². The van der Waals surface area contributed by atoms with E-state index >= 15 is 0 Å². The van der Waals surface area contributed by atoms with E-state index in [4.69, 9.17) is 0 Å². The summed E-state index contributed by atoms with van der Waals surface area (Å²) in [7, 11) is 1.38. The molecule has 0 spiro atoms. The van der Waals surface area contributed by atoms with Gasteiger partial charge in [-0.2, -0.15) is 0 Å². The van der Waals surface area contributed by atoms with Gasteiger partial charge in [0.15, 0.2) is 0 Å². The molecule has 0 aliphatic carbocycles. The fourth-order valence-corrected chi connectivity index (χ4v) is 1.62. The normalized spacial score (nSPS) is 12.6. The number of ether oxygens (including phenoxy) is 1. The lowest BCUT2D eigenvalue weighted by Gasteiger charge is -2.10. The van der Waals surface area contributed by atoms with E-state index < -0.39 is 0 Å². The maximum Gasteiger partial charge on any atom is 0.307 e. The number of rotatable bonds is 3. The van der Waals surface area contributed by atoms with Gasteiger partial charge in [0.2, 0.25) is 0 Å². The Bertz CT molecular complexity index is 507. The zero-order valence-corrected chi connectivity index (χ0v) is 9.25. The zero-order chi connectivity index (χ0) is 11.5. The monoisotopic (exact) mass is 219 g/mol. The van der Waals surface area contributed by atoms with Gasteiger partial charge < -0.3 is 4.74 Å². The first kappa shape index (κ1) is 10.6. The van der Waals surface area contributed by atoms with E-state index in [2.05, 4.69) is 15.0 Å². The molecule has 2 aromatic rings. The van der Waals surface area contributed by atoms with Crippen molar-refractivity contribution in [3.63, 3.8) is 0 Å². The third-order valence-corrected chi connectivity index (χ3v) is 2.48. The first-order valence-electron chi connectivity index (χ1n) is 5.09. The highest BCUT2D eigenvalue weighted by molar-refractivity contribution is 5.74. The largest absolute Gasteiger partial charge is 0.469 e. The Balaban J connectivity index is 2.29. The Morgan fingerprint density at radius 3 is 3.00 bits per heavy atom. The number of para-hydroxylation sites is 1. The van der Waals surface area contributed by atoms with Crippen LogP contribution in [0.15, 0.2) is 24.3 Å². The number of esters is 1. The Kier molecular flexibility index (Phi) is 2.85. The Labute approximate surface area is 93.0 Å². The number of carbonyl (C=O) groups excluding carboxylic acids is 1. The van der Waals surface area contributed by atoms with Crippen molar-refractivity contribution in [1.29, 1.82) is 0 Å². The molecule has 5 heteroatoms. The van der Waals surface area contributed by atoms with Gasteiger partial charge in [0.25, 0.3) is 0 Å². The Hall–Kier alpha value is -1.91. The molecule has 1 unspecified atom stereocenters. The molecule has 0 saturated carbocycles. The SMILES string of the molecule is COC(=O)CC(C)n1nnc2ccccc21. The number of benzene rings is 1. The lowest BCUT2D eigenvalue weighted by atomic mass is 10.2. The molecule has 1 heterocycles. The molecule has 0 aliphatic heterocycles. The number of nitrogens with zero attached hydrogens (tertiary/aromatic N) is 3. The molecule has 16 heavy (non-hydrogen) atoms. The van der Waals surface area contributed by atoms with Crippen LogP contribution in [-0.4, -0.2) is 28.1 Å². The summed E-state index contributed by atoms with van der Waals surface area (Å²) in [4.78, 5) is 11.2. The third kappa shape index (κ3) is 1.88. The predicted molar refractivity (Wildman–Crippen MR) is 58.9 cm³/mol. The number of methoxy groups -OCH3 is 1. The standard InChI is InChI=1S/C11H13N3O2/c1-8(7-11(15)16-2)14-10-6-4-3-5-9(10)12-13-14/h3-6,8H,7H2,1-2H3. The van der Waals surface area contributed by atoms with E-state index in [-0.39, 0.29) is 12.0 Å². The van der Waals surface area contributed by atoms with Crippen LogP contribution in [0.25, 0.3) is 11.0 Å². The van der Waals surface area contributed by atoms with Gasteiger partial charge >= 0.3 is 5.97 Å². The summed E-state index contributed by atoms with van der Waals surface area (Å²) in [6.07, 6.45) is 0.295. The summed E-state index contributed by atoms with van der Waals surface area (Å²) >= 11 is 0. The minimum atomic E-state index is -0.243. The van der Waals surface area contributed by atoms with E-state index in [0.717, 1.165) is 11.0 Å². The van der Waals surface area contributed by atoms with Crippen LogP contribution in [-0.2, 0) is 9.53 Å². The van der Waals surface area contributed by atoms with Crippen LogP contribution in [0.2, 0.25) is 0 Å². The number of hydrogen-bond acceptors (Lipinski definition) is 4. The van der Waals surface area contributed by atoms with Crippen LogP contribution in [0, 0.1) is 0 Å². The van der Waals surface area contributed by atoms with E-state index in [1.165, 1.54) is 7.11 Å². The second-order valence-corrected chi connectivity index (χ2v) is 3.65. The van der Waals surface area contributed by atoms with Gasteiger partial charge in [-0.25, -0.2) is 4.68 Å². The van der Waals surface area contributed by atoms with Crippen LogP contribution in [0.4, 0.5) is 0 Å². The van der Waals surface area contributed by atoms with Crippen molar-refractivity contribution in [2.75, 3.05) is 7.11 Å². The summed E-state index contributed by atoms with van der Waals surface area (Å²) in [5, 5.41) is 8.08. The number of hydrogen-bond donors (Lipinski definition) is 0. The molecule has 0 bridgehead atoms. The van der Waals surface area contributed by atoms with Gasteiger partial charge in [-0.15, -0.1) is 5.10 Å². The maximum absolute atomic E-state index is 11.2. The first-order valence-corrected chi connectivity index (χ1v) is 5.09. The topological polar surface area (TPSA) is 57.0 Å². The van der Waals surface area contributed by atoms with E-state index in [0.29, 0.717) is 6.42 Å². The van der Waals surface area contributed by atoms with Gasteiger partial charge in [-0.1, -0.05) is 17.3 Å². The fourth-order valence-electron chi connectivity index (χ4n) is 1.62. The molecule has 1 atom stereocenters. The van der Waals surface area contributed by atoms with Crippen molar-refractivity contribution < 1.29 is 9.53 Å². The summed E-state index contributed by atoms with van der Waals surface area (Å²) in [6, 6.07) is 7.60. The lowest BCUT2D eigenvalue weighted by molar-refractivity contribution is -0.141. The first-order chi connectivity index (χ1) is 7.72. The fraction of sp³-hybridized carbons (Fsp3) is 0.364. The lowest BCUT2D eigenvalue weighted by Crippen LogP contribution is -2.13. The van der Waals surface area contributed by atoms with E-state index in [1.807, 2.05) is 31.2 Å². The Morgan fingerprint density at radius 2 is 2.25 bits per heavy atom. The molecule has 0 amide bonds. The quantitative estimate of drug-likeness (QED) is 0.735. The number of carbonyl (C=O) groups is 1. The second-order valence-electron chi connectivity index (χ2n) is 3.65. The average Bonchev–Trinajstić information content (AvgIpc) is 2.72. The van der Waals surface area contributed by atoms with Gasteiger partial charge in [0.05, 0.1) is 25.1 Å². The highest BCUT2D eigenvalue weighted by Crippen LogP contribution is 2.17. The molecular weight excluding hydrogens is 206 g/mol. The zero-order valence-electron chi connectivity index (χ0n) is 9.25. The van der Waals surface area contributed by atoms with Crippen LogP contribution in [0.1, 0.15) is 19.4 Å². The van der Waals surface area contributed by atoms with Crippen molar-refractivity contribution in [1.82, 2.24) is 15.0 Å². The van der Waals surface area contributed by atoms with Gasteiger partial charge in [0.1, 0.15) is 5.52 Å². The number of fused-ring (bicyclic) bond motifs is 1. The second kappa shape index (κ2) is 4.30. The van der Waals surface area contributed by atoms with Crippen LogP contribution >= 0.6 is 0 Å². The molecule has 84 valence electrons. The molecule has 0 saturated heterocycles. The molecular formula is C11H13N3O2. The van der Waals surface area contributed by atoms with Crippen molar-refractivity contribution in [2.45, 2.75) is 19.4 Å². The minimum Gasteiger partial charge on any atom is -0.469 e. The van der Waals surface area contributed by atoms with Gasteiger partial charge in [0, 0.05) is 0 Å². The Morgan fingerprint density at radius 1 is 1.50 bits per heavy atom. The average molecular weight is 219 g/mol. The van der Waals surface area contributed by atoms with E-state index in [1.54, 1.807) is 4.68 Å². The molecule has 0 fully saturated rings. The minimum absolute atomic E-state index is 0.0557. The van der Waals surface area contributed by atoms with Crippen molar-refractivity contribution in [3.8, 4) is 0 Å². The van der Waals surface area contributed by atoms with Crippen molar-refractivity contribution >= 4 is 17.0 Å². The maximum atomic E-state index is 11.2. The smallest absolute Gasteiger partial charge is 0.307 e. The van der Waals surface area contributed by atoms with Crippen molar-refractivity contribution in [2.24, 2.45) is 0 Å². The molecule has 2 rings (SSSR count). The highest BCUT2D eigenvalue weighted by Gasteiger charge is 2.14. The third-order valence-electron chi connectivity index (χ3n) is 2.48. The molecule has 1 aromatic carbocycles. The molecule has 0 radical (unpaired) electrons.